The summed E-state index contributed by atoms with van der Waals surface area (Å²) in [6.45, 7) is 0. The van der Waals surface area contributed by atoms with Gasteiger partial charge in [0.1, 0.15) is 17.3 Å². The highest BCUT2D eigenvalue weighted by Gasteiger charge is 2.30. The molecule has 0 aliphatic heterocycles. The molecule has 0 fully saturated rings. The van der Waals surface area contributed by atoms with Gasteiger partial charge in [-0.25, -0.2) is 4.98 Å². The second kappa shape index (κ2) is 7.45. The third kappa shape index (κ3) is 4.22. The minimum atomic E-state index is -4.47. The van der Waals surface area contributed by atoms with Gasteiger partial charge in [0.05, 0.1) is 12.7 Å². The van der Waals surface area contributed by atoms with Crippen LogP contribution >= 0.6 is 0 Å². The third-order valence-electron chi connectivity index (χ3n) is 3.74. The van der Waals surface area contributed by atoms with Crippen molar-refractivity contribution in [1.82, 2.24) is 9.97 Å². The van der Waals surface area contributed by atoms with E-state index in [9.17, 15) is 18.0 Å². The Morgan fingerprint density at radius 1 is 1.04 bits per heavy atom. The first-order chi connectivity index (χ1) is 12.9. The Morgan fingerprint density at radius 2 is 1.78 bits per heavy atom. The number of nitrogens with one attached hydrogen (secondary N) is 1. The summed E-state index contributed by atoms with van der Waals surface area (Å²) in [5.41, 5.74) is 0.845. The lowest BCUT2D eigenvalue weighted by molar-refractivity contribution is -0.137. The number of hydrogen-bond donors (Lipinski definition) is 1. The number of carbonyl (C=O) groups is 1. The summed E-state index contributed by atoms with van der Waals surface area (Å²) in [5.74, 6) is 0.147. The molecular weight excluding hydrogens is 359 g/mol. The number of carbonyl (C=O) groups excluding carboxylic acids is 1. The molecule has 5 nitrogen and oxygen atoms in total. The van der Waals surface area contributed by atoms with E-state index in [1.54, 1.807) is 49.7 Å². The number of rotatable bonds is 4. The maximum atomic E-state index is 12.5. The van der Waals surface area contributed by atoms with E-state index in [1.165, 1.54) is 0 Å². The van der Waals surface area contributed by atoms with Crippen molar-refractivity contribution in [2.24, 2.45) is 0 Å². The summed E-state index contributed by atoms with van der Waals surface area (Å²) < 4.78 is 42.9. The molecule has 0 aliphatic rings. The predicted molar refractivity (Wildman–Crippen MR) is 93.4 cm³/mol. The van der Waals surface area contributed by atoms with Crippen LogP contribution in [0.1, 0.15) is 15.9 Å². The fourth-order valence-corrected chi connectivity index (χ4v) is 2.38. The summed E-state index contributed by atoms with van der Waals surface area (Å²) in [6, 6.07) is 12.1. The number of hydrogen-bond acceptors (Lipinski definition) is 4. The van der Waals surface area contributed by atoms with Crippen LogP contribution in [-0.4, -0.2) is 23.0 Å². The molecule has 138 valence electrons. The van der Waals surface area contributed by atoms with Crippen LogP contribution in [0.2, 0.25) is 0 Å². The number of benzene rings is 1. The van der Waals surface area contributed by atoms with Gasteiger partial charge in [0.15, 0.2) is 0 Å². The van der Waals surface area contributed by atoms with Crippen molar-refractivity contribution >= 4 is 11.7 Å². The zero-order valence-corrected chi connectivity index (χ0v) is 14.1. The fraction of sp³-hybridized carbons (Fsp3) is 0.105. The Balaban J connectivity index is 1.74. The molecule has 0 atom stereocenters. The van der Waals surface area contributed by atoms with Crippen LogP contribution in [-0.2, 0) is 6.18 Å². The van der Waals surface area contributed by atoms with Crippen LogP contribution < -0.4 is 10.1 Å². The van der Waals surface area contributed by atoms with Gasteiger partial charge < -0.3 is 10.1 Å². The normalized spacial score (nSPS) is 11.1. The summed E-state index contributed by atoms with van der Waals surface area (Å²) in [7, 11) is 1.54. The monoisotopic (exact) mass is 373 g/mol. The first-order valence-electron chi connectivity index (χ1n) is 7.82. The fourth-order valence-electron chi connectivity index (χ4n) is 2.38. The van der Waals surface area contributed by atoms with Crippen LogP contribution in [0.3, 0.4) is 0 Å². The molecule has 1 N–H and O–H groups in total. The lowest BCUT2D eigenvalue weighted by atomic mass is 10.1. The van der Waals surface area contributed by atoms with Crippen molar-refractivity contribution in [3.05, 3.63) is 72.1 Å². The molecule has 8 heteroatoms. The highest BCUT2D eigenvalue weighted by molar-refractivity contribution is 6.04. The van der Waals surface area contributed by atoms with E-state index in [1.807, 2.05) is 0 Å². The van der Waals surface area contributed by atoms with Gasteiger partial charge in [-0.1, -0.05) is 12.1 Å². The van der Waals surface area contributed by atoms with Crippen LogP contribution in [0.25, 0.3) is 11.3 Å². The van der Waals surface area contributed by atoms with Crippen molar-refractivity contribution in [2.45, 2.75) is 6.18 Å². The van der Waals surface area contributed by atoms with Crippen molar-refractivity contribution in [1.29, 1.82) is 0 Å². The number of ether oxygens (including phenoxy) is 1. The Morgan fingerprint density at radius 3 is 2.37 bits per heavy atom. The molecule has 0 aliphatic carbocycles. The number of pyridine rings is 2. The van der Waals surface area contributed by atoms with Gasteiger partial charge in [0, 0.05) is 23.5 Å². The van der Waals surface area contributed by atoms with Crippen molar-refractivity contribution < 1.29 is 22.7 Å². The molecule has 3 aromatic rings. The van der Waals surface area contributed by atoms with E-state index in [2.05, 4.69) is 15.3 Å². The predicted octanol–water partition coefficient (Wildman–Crippen LogP) is 4.42. The van der Waals surface area contributed by atoms with Gasteiger partial charge in [-0.15, -0.1) is 0 Å². The zero-order valence-electron chi connectivity index (χ0n) is 14.1. The summed E-state index contributed by atoms with van der Waals surface area (Å²) >= 11 is 0. The maximum absolute atomic E-state index is 12.5. The largest absolute Gasteiger partial charge is 0.494 e. The van der Waals surface area contributed by atoms with E-state index >= 15 is 0 Å². The molecule has 0 saturated carbocycles. The molecule has 0 bridgehead atoms. The third-order valence-corrected chi connectivity index (χ3v) is 3.74. The van der Waals surface area contributed by atoms with Crippen LogP contribution in [0.4, 0.5) is 19.0 Å². The van der Waals surface area contributed by atoms with Crippen LogP contribution in [0, 0.1) is 0 Å². The average Bonchev–Trinajstić information content (AvgIpc) is 2.68. The van der Waals surface area contributed by atoms with E-state index in [0.717, 1.165) is 17.7 Å². The van der Waals surface area contributed by atoms with Crippen LogP contribution in [0.15, 0.2) is 60.9 Å². The van der Waals surface area contributed by atoms with Gasteiger partial charge in [-0.3, -0.25) is 9.78 Å². The van der Waals surface area contributed by atoms with Crippen LogP contribution in [0.5, 0.6) is 5.75 Å². The van der Waals surface area contributed by atoms with Gasteiger partial charge in [0.2, 0.25) is 0 Å². The molecule has 2 aromatic heterocycles. The smallest absolute Gasteiger partial charge is 0.417 e. The van der Waals surface area contributed by atoms with E-state index < -0.39 is 17.6 Å². The number of nitrogens with zero attached hydrogens (tertiary/aromatic N) is 2. The van der Waals surface area contributed by atoms with E-state index in [-0.39, 0.29) is 5.82 Å². The van der Waals surface area contributed by atoms with Crippen molar-refractivity contribution in [3.8, 4) is 17.0 Å². The van der Waals surface area contributed by atoms with Gasteiger partial charge in [-0.05, 0) is 36.4 Å². The first-order valence-corrected chi connectivity index (χ1v) is 7.82. The van der Waals surface area contributed by atoms with Crippen molar-refractivity contribution in [2.75, 3.05) is 12.4 Å². The maximum Gasteiger partial charge on any atom is 0.417 e. The Hall–Kier alpha value is -3.42. The summed E-state index contributed by atoms with van der Waals surface area (Å²) in [6.07, 6.45) is -2.17. The average molecular weight is 373 g/mol. The molecular formula is C19H14F3N3O2. The number of halogens is 3. The quantitative estimate of drug-likeness (QED) is 0.735. The lowest BCUT2D eigenvalue weighted by Crippen LogP contribution is -2.13. The summed E-state index contributed by atoms with van der Waals surface area (Å²) in [5, 5.41) is 2.46. The second-order valence-electron chi connectivity index (χ2n) is 5.52. The molecule has 27 heavy (non-hydrogen) atoms. The number of methoxy groups -OCH3 is 1. The summed E-state index contributed by atoms with van der Waals surface area (Å²) in [4.78, 5) is 20.1. The van der Waals surface area contributed by atoms with Gasteiger partial charge >= 0.3 is 6.18 Å². The Labute approximate surface area is 152 Å². The molecule has 0 unspecified atom stereocenters. The molecule has 0 saturated heterocycles. The molecule has 1 amide bonds. The molecule has 3 rings (SSSR count). The van der Waals surface area contributed by atoms with E-state index in [4.69, 9.17) is 4.74 Å². The second-order valence-corrected chi connectivity index (χ2v) is 5.52. The zero-order chi connectivity index (χ0) is 19.4. The SMILES string of the molecule is COc1cccnc1-c1ccc(C(=O)Nc2ccc(C(F)(F)F)cn2)cc1. The number of aromatic nitrogens is 2. The minimum Gasteiger partial charge on any atom is -0.494 e. The molecule has 0 spiro atoms. The lowest BCUT2D eigenvalue weighted by Gasteiger charge is -2.09. The highest BCUT2D eigenvalue weighted by atomic mass is 19.4. The Bertz CT molecular complexity index is 940. The molecule has 1 aromatic carbocycles. The topological polar surface area (TPSA) is 64.1 Å². The van der Waals surface area contributed by atoms with Crippen molar-refractivity contribution in [3.63, 3.8) is 0 Å². The van der Waals surface area contributed by atoms with Gasteiger partial charge in [0.25, 0.3) is 5.91 Å². The standard InChI is InChI=1S/C19H14F3N3O2/c1-27-15-3-2-10-23-17(15)12-4-6-13(7-5-12)18(26)25-16-9-8-14(11-24-16)19(20,21)22/h2-11H,1H3,(H,24,25,26). The first kappa shape index (κ1) is 18.4. The van der Waals surface area contributed by atoms with E-state index in [0.29, 0.717) is 23.2 Å². The molecule has 2 heterocycles. The Kier molecular flexibility index (Phi) is 5.07. The van der Waals surface area contributed by atoms with Gasteiger partial charge in [-0.2, -0.15) is 13.2 Å². The number of anilines is 1. The highest BCUT2D eigenvalue weighted by Crippen LogP contribution is 2.29. The minimum absolute atomic E-state index is 0.0310. The number of alkyl halides is 3. The molecule has 0 radical (unpaired) electrons. The number of amides is 1.